The Balaban J connectivity index is 2.55. The summed E-state index contributed by atoms with van der Waals surface area (Å²) in [5.41, 5.74) is 0. The van der Waals surface area contributed by atoms with E-state index in [1.54, 1.807) is 13.3 Å². The average molecular weight is 337 g/mol. The Bertz CT molecular complexity index is 359. The summed E-state index contributed by atoms with van der Waals surface area (Å²) in [6.07, 6.45) is 5.02. The fourth-order valence-electron chi connectivity index (χ4n) is 1.73. The maximum absolute atomic E-state index is 5.80. The maximum Gasteiger partial charge on any atom is 0.232 e. The van der Waals surface area contributed by atoms with Gasteiger partial charge in [-0.3, -0.25) is 0 Å². The number of methoxy groups -OCH3 is 1. The van der Waals surface area contributed by atoms with E-state index in [0.717, 1.165) is 30.3 Å². The third-order valence-corrected chi connectivity index (χ3v) is 3.43. The van der Waals surface area contributed by atoms with E-state index in [4.69, 9.17) is 16.3 Å². The van der Waals surface area contributed by atoms with E-state index in [1.807, 2.05) is 0 Å². The molecule has 1 N–H and O–H groups in total. The molecular weight excluding hydrogens is 318 g/mol. The molecule has 0 amide bonds. The lowest BCUT2D eigenvalue weighted by atomic mass is 10.0. The van der Waals surface area contributed by atoms with Crippen LogP contribution in [0.5, 0.6) is 5.88 Å². The first-order valence-electron chi connectivity index (χ1n) is 6.07. The van der Waals surface area contributed by atoms with Crippen molar-refractivity contribution in [2.75, 3.05) is 24.9 Å². The predicted molar refractivity (Wildman–Crippen MR) is 78.5 cm³/mol. The summed E-state index contributed by atoms with van der Waals surface area (Å²) in [5, 5.41) is 3.23. The van der Waals surface area contributed by atoms with Gasteiger partial charge < -0.3 is 10.1 Å². The van der Waals surface area contributed by atoms with Gasteiger partial charge in [-0.1, -0.05) is 13.3 Å². The van der Waals surface area contributed by atoms with E-state index in [-0.39, 0.29) is 0 Å². The molecular formula is C12H19BrClN3O. The van der Waals surface area contributed by atoms with Crippen LogP contribution in [0.2, 0.25) is 0 Å². The number of alkyl halides is 1. The topological polar surface area (TPSA) is 47.0 Å². The van der Waals surface area contributed by atoms with E-state index < -0.39 is 0 Å². The van der Waals surface area contributed by atoms with Gasteiger partial charge in [-0.05, 0) is 34.7 Å². The smallest absolute Gasteiger partial charge is 0.232 e. The lowest BCUT2D eigenvalue weighted by molar-refractivity contribution is 0.394. The van der Waals surface area contributed by atoms with Crippen LogP contribution in [0, 0.1) is 5.92 Å². The quantitative estimate of drug-likeness (QED) is 0.735. The van der Waals surface area contributed by atoms with Crippen molar-refractivity contribution < 1.29 is 4.74 Å². The first kappa shape index (κ1) is 15.5. The molecule has 1 aromatic heterocycles. The average Bonchev–Trinajstić information content (AvgIpc) is 2.38. The number of hydrogen-bond acceptors (Lipinski definition) is 4. The van der Waals surface area contributed by atoms with Crippen LogP contribution in [0.3, 0.4) is 0 Å². The third kappa shape index (κ3) is 4.98. The molecule has 0 saturated heterocycles. The first-order chi connectivity index (χ1) is 8.71. The Morgan fingerprint density at radius 3 is 2.89 bits per heavy atom. The van der Waals surface area contributed by atoms with Crippen molar-refractivity contribution in [1.82, 2.24) is 9.97 Å². The van der Waals surface area contributed by atoms with Crippen molar-refractivity contribution in [3.8, 4) is 5.88 Å². The fourth-order valence-corrected chi connectivity index (χ4v) is 2.39. The molecule has 0 spiro atoms. The molecule has 102 valence electrons. The number of hydrogen-bond donors (Lipinski definition) is 1. The van der Waals surface area contributed by atoms with Crippen LogP contribution < -0.4 is 10.1 Å². The maximum atomic E-state index is 5.80. The minimum Gasteiger partial charge on any atom is -0.480 e. The first-order valence-corrected chi connectivity index (χ1v) is 7.40. The van der Waals surface area contributed by atoms with Crippen LogP contribution in [0.25, 0.3) is 0 Å². The normalized spacial score (nSPS) is 12.2. The highest BCUT2D eigenvalue weighted by Crippen LogP contribution is 2.22. The standard InChI is InChI=1S/C12H19BrClN3O/c1-3-4-9(5-6-14)7-15-12-16-8-10(13)11(17-12)18-2/h8-9H,3-7H2,1-2H3,(H,15,16,17). The number of aromatic nitrogens is 2. The molecule has 6 heteroatoms. The molecule has 0 aromatic carbocycles. The second-order valence-corrected chi connectivity index (χ2v) is 5.30. The van der Waals surface area contributed by atoms with Crippen molar-refractivity contribution >= 4 is 33.5 Å². The molecule has 1 atom stereocenters. The van der Waals surface area contributed by atoms with Gasteiger partial charge in [0.05, 0.1) is 17.8 Å². The van der Waals surface area contributed by atoms with E-state index in [1.165, 1.54) is 0 Å². The van der Waals surface area contributed by atoms with E-state index in [2.05, 4.69) is 38.1 Å². The Morgan fingerprint density at radius 2 is 2.28 bits per heavy atom. The third-order valence-electron chi connectivity index (χ3n) is 2.67. The Hall–Kier alpha value is -0.550. The molecule has 0 aliphatic carbocycles. The minimum absolute atomic E-state index is 0.539. The van der Waals surface area contributed by atoms with Crippen LogP contribution in [-0.4, -0.2) is 29.5 Å². The van der Waals surface area contributed by atoms with Crippen molar-refractivity contribution in [3.05, 3.63) is 10.7 Å². The van der Waals surface area contributed by atoms with Crippen LogP contribution in [0.4, 0.5) is 5.95 Å². The Labute approximate surface area is 122 Å². The van der Waals surface area contributed by atoms with Crippen molar-refractivity contribution in [2.24, 2.45) is 5.92 Å². The molecule has 1 heterocycles. The van der Waals surface area contributed by atoms with Gasteiger partial charge >= 0.3 is 0 Å². The fraction of sp³-hybridized carbons (Fsp3) is 0.667. The summed E-state index contributed by atoms with van der Waals surface area (Å²) >= 11 is 9.12. The second-order valence-electron chi connectivity index (χ2n) is 4.06. The number of nitrogens with one attached hydrogen (secondary N) is 1. The van der Waals surface area contributed by atoms with Gasteiger partial charge in [-0.15, -0.1) is 11.6 Å². The summed E-state index contributed by atoms with van der Waals surface area (Å²) in [7, 11) is 1.59. The van der Waals surface area contributed by atoms with E-state index >= 15 is 0 Å². The summed E-state index contributed by atoms with van der Waals surface area (Å²) in [5.74, 6) is 2.38. The minimum atomic E-state index is 0.539. The molecule has 0 aliphatic rings. The number of nitrogens with zero attached hydrogens (tertiary/aromatic N) is 2. The summed E-state index contributed by atoms with van der Waals surface area (Å²) in [6, 6.07) is 0. The second kappa shape index (κ2) is 8.53. The zero-order valence-electron chi connectivity index (χ0n) is 10.7. The summed E-state index contributed by atoms with van der Waals surface area (Å²) in [6.45, 7) is 3.02. The number of anilines is 1. The highest BCUT2D eigenvalue weighted by Gasteiger charge is 2.09. The van der Waals surface area contributed by atoms with Gasteiger partial charge in [-0.2, -0.15) is 4.98 Å². The zero-order valence-corrected chi connectivity index (χ0v) is 13.1. The predicted octanol–water partition coefficient (Wildman–Crippen LogP) is 3.70. The Morgan fingerprint density at radius 1 is 1.50 bits per heavy atom. The van der Waals surface area contributed by atoms with E-state index in [0.29, 0.717) is 23.6 Å². The molecule has 0 aliphatic heterocycles. The van der Waals surface area contributed by atoms with Crippen LogP contribution in [0.1, 0.15) is 26.2 Å². The van der Waals surface area contributed by atoms with Crippen LogP contribution >= 0.6 is 27.5 Å². The molecule has 0 radical (unpaired) electrons. The highest BCUT2D eigenvalue weighted by atomic mass is 79.9. The zero-order chi connectivity index (χ0) is 13.4. The van der Waals surface area contributed by atoms with Gasteiger partial charge in [-0.25, -0.2) is 4.98 Å². The SMILES string of the molecule is CCCC(CCCl)CNc1ncc(Br)c(OC)n1. The molecule has 0 fully saturated rings. The van der Waals surface area contributed by atoms with Crippen molar-refractivity contribution in [2.45, 2.75) is 26.2 Å². The Kier molecular flexibility index (Phi) is 7.35. The molecule has 1 unspecified atom stereocenters. The summed E-state index contributed by atoms with van der Waals surface area (Å²) < 4.78 is 5.88. The van der Waals surface area contributed by atoms with Gasteiger partial charge in [0.2, 0.25) is 11.8 Å². The van der Waals surface area contributed by atoms with Gasteiger partial charge in [0, 0.05) is 12.4 Å². The number of ether oxygens (including phenoxy) is 1. The van der Waals surface area contributed by atoms with Crippen molar-refractivity contribution in [1.29, 1.82) is 0 Å². The monoisotopic (exact) mass is 335 g/mol. The number of halogens is 2. The molecule has 1 aromatic rings. The summed E-state index contributed by atoms with van der Waals surface area (Å²) in [4.78, 5) is 8.46. The lowest BCUT2D eigenvalue weighted by Crippen LogP contribution is -2.16. The van der Waals surface area contributed by atoms with E-state index in [9.17, 15) is 0 Å². The van der Waals surface area contributed by atoms with Gasteiger partial charge in [0.1, 0.15) is 0 Å². The van der Waals surface area contributed by atoms with Crippen LogP contribution in [-0.2, 0) is 0 Å². The van der Waals surface area contributed by atoms with Crippen LogP contribution in [0.15, 0.2) is 10.7 Å². The molecule has 4 nitrogen and oxygen atoms in total. The van der Waals surface area contributed by atoms with Gasteiger partial charge in [0.25, 0.3) is 0 Å². The molecule has 1 rings (SSSR count). The molecule has 18 heavy (non-hydrogen) atoms. The van der Waals surface area contributed by atoms with Crippen molar-refractivity contribution in [3.63, 3.8) is 0 Å². The highest BCUT2D eigenvalue weighted by molar-refractivity contribution is 9.10. The lowest BCUT2D eigenvalue weighted by Gasteiger charge is -2.15. The van der Waals surface area contributed by atoms with Gasteiger partial charge in [0.15, 0.2) is 0 Å². The molecule has 0 saturated carbocycles. The molecule has 0 bridgehead atoms. The number of rotatable bonds is 8. The largest absolute Gasteiger partial charge is 0.480 e.